The molecule has 0 aliphatic heterocycles. The third-order valence-electron chi connectivity index (χ3n) is 4.67. The Labute approximate surface area is 171 Å². The van der Waals surface area contributed by atoms with Gasteiger partial charge in [-0.1, -0.05) is 48.2 Å². The second-order valence-electron chi connectivity index (χ2n) is 6.87. The maximum Gasteiger partial charge on any atom is 0.257 e. The van der Waals surface area contributed by atoms with Crippen molar-refractivity contribution in [1.29, 1.82) is 0 Å². The van der Waals surface area contributed by atoms with E-state index in [1.54, 1.807) is 23.1 Å². The number of aromatic nitrogens is 5. The van der Waals surface area contributed by atoms with E-state index in [1.807, 2.05) is 23.6 Å². The van der Waals surface area contributed by atoms with Crippen LogP contribution in [0, 0.1) is 0 Å². The first kappa shape index (κ1) is 17.6. The van der Waals surface area contributed by atoms with Crippen LogP contribution in [0.2, 0.25) is 0 Å². The highest BCUT2D eigenvalue weighted by atomic mass is 32.2. The molecule has 1 aliphatic rings. The van der Waals surface area contributed by atoms with Gasteiger partial charge >= 0.3 is 0 Å². The number of thioether (sulfide) groups is 1. The second kappa shape index (κ2) is 7.52. The van der Waals surface area contributed by atoms with E-state index in [9.17, 15) is 0 Å². The highest BCUT2D eigenvalue weighted by Crippen LogP contribution is 2.42. The Bertz CT molecular complexity index is 1050. The molecule has 1 aliphatic carbocycles. The fourth-order valence-electron chi connectivity index (χ4n) is 3.05. The van der Waals surface area contributed by atoms with Gasteiger partial charge in [0.25, 0.3) is 5.89 Å². The van der Waals surface area contributed by atoms with Gasteiger partial charge in [0.2, 0.25) is 5.89 Å². The number of hydrogen-bond donors (Lipinski definition) is 0. The van der Waals surface area contributed by atoms with Gasteiger partial charge in [-0.3, -0.25) is 0 Å². The molecule has 0 saturated heterocycles. The topological polar surface area (TPSA) is 69.6 Å². The van der Waals surface area contributed by atoms with Crippen LogP contribution in [0.4, 0.5) is 0 Å². The lowest BCUT2D eigenvalue weighted by atomic mass is 10.2. The third kappa shape index (κ3) is 3.62. The summed E-state index contributed by atoms with van der Waals surface area (Å²) in [6, 6.07) is 14.4. The Morgan fingerprint density at radius 1 is 1.11 bits per heavy atom. The molecular formula is C20H19N5OS2. The summed E-state index contributed by atoms with van der Waals surface area (Å²) >= 11 is 3.21. The highest BCUT2D eigenvalue weighted by Gasteiger charge is 2.31. The van der Waals surface area contributed by atoms with Crippen molar-refractivity contribution < 1.29 is 4.42 Å². The van der Waals surface area contributed by atoms with E-state index < -0.39 is 0 Å². The van der Waals surface area contributed by atoms with Crippen molar-refractivity contribution in [1.82, 2.24) is 25.0 Å². The molecular weight excluding hydrogens is 390 g/mol. The summed E-state index contributed by atoms with van der Waals surface area (Å²) in [4.78, 5) is 0.985. The lowest BCUT2D eigenvalue weighted by Gasteiger charge is -2.11. The normalized spacial score (nSPS) is 15.0. The summed E-state index contributed by atoms with van der Waals surface area (Å²) in [6.45, 7) is 2.84. The Kier molecular flexibility index (Phi) is 4.74. The lowest BCUT2D eigenvalue weighted by molar-refractivity contribution is 0.509. The van der Waals surface area contributed by atoms with E-state index in [0.717, 1.165) is 22.4 Å². The van der Waals surface area contributed by atoms with Crippen LogP contribution in [0.15, 0.2) is 57.4 Å². The van der Waals surface area contributed by atoms with Crippen molar-refractivity contribution in [2.24, 2.45) is 0 Å². The zero-order valence-corrected chi connectivity index (χ0v) is 17.0. The summed E-state index contributed by atoms with van der Waals surface area (Å²) < 4.78 is 8.14. The molecule has 0 radical (unpaired) electrons. The van der Waals surface area contributed by atoms with E-state index in [1.165, 1.54) is 18.4 Å². The minimum Gasteiger partial charge on any atom is -0.419 e. The quantitative estimate of drug-likeness (QED) is 0.392. The standard InChI is InChI=1S/C20H19N5OS2/c1-13(18-22-23-19(26-18)16-8-5-11-27-16)28-20-24-21-17(15-9-10-15)25(20)12-14-6-3-2-4-7-14/h2-8,11,13,15H,9-10,12H2,1H3. The molecule has 28 heavy (non-hydrogen) atoms. The predicted octanol–water partition coefficient (Wildman–Crippen LogP) is 5.17. The maximum absolute atomic E-state index is 5.90. The predicted molar refractivity (Wildman–Crippen MR) is 109 cm³/mol. The minimum absolute atomic E-state index is 0.00742. The van der Waals surface area contributed by atoms with Gasteiger partial charge in [0.05, 0.1) is 16.7 Å². The highest BCUT2D eigenvalue weighted by molar-refractivity contribution is 7.99. The van der Waals surface area contributed by atoms with Gasteiger partial charge in [-0.2, -0.15) is 0 Å². The molecule has 0 N–H and O–H groups in total. The molecule has 0 bridgehead atoms. The molecule has 5 rings (SSSR count). The van der Waals surface area contributed by atoms with Gasteiger partial charge in [-0.15, -0.1) is 31.7 Å². The molecule has 0 spiro atoms. The first-order valence-corrected chi connectivity index (χ1v) is 11.0. The molecule has 8 heteroatoms. The van der Waals surface area contributed by atoms with Gasteiger partial charge < -0.3 is 8.98 Å². The van der Waals surface area contributed by atoms with Crippen LogP contribution < -0.4 is 0 Å². The molecule has 1 atom stereocenters. The Balaban J connectivity index is 1.39. The van der Waals surface area contributed by atoms with Crippen LogP contribution in [-0.4, -0.2) is 25.0 Å². The van der Waals surface area contributed by atoms with Gasteiger partial charge in [0.1, 0.15) is 5.82 Å². The Hall–Kier alpha value is -2.45. The van der Waals surface area contributed by atoms with E-state index in [2.05, 4.69) is 56.2 Å². The summed E-state index contributed by atoms with van der Waals surface area (Å²) in [6.07, 6.45) is 2.39. The summed E-state index contributed by atoms with van der Waals surface area (Å²) in [5.41, 5.74) is 1.25. The molecule has 1 aromatic carbocycles. The van der Waals surface area contributed by atoms with Gasteiger partial charge in [0.15, 0.2) is 5.16 Å². The molecule has 3 heterocycles. The van der Waals surface area contributed by atoms with Crippen molar-refractivity contribution in [2.45, 2.75) is 42.6 Å². The number of thiophene rings is 1. The summed E-state index contributed by atoms with van der Waals surface area (Å²) in [5, 5.41) is 20.3. The fourth-order valence-corrected chi connectivity index (χ4v) is 4.58. The molecule has 1 fully saturated rings. The first-order valence-electron chi connectivity index (χ1n) is 9.29. The maximum atomic E-state index is 5.90. The van der Waals surface area contributed by atoms with Crippen LogP contribution in [-0.2, 0) is 6.54 Å². The molecule has 6 nitrogen and oxygen atoms in total. The second-order valence-corrected chi connectivity index (χ2v) is 9.13. The van der Waals surface area contributed by atoms with E-state index in [4.69, 9.17) is 4.42 Å². The van der Waals surface area contributed by atoms with Crippen LogP contribution in [0.3, 0.4) is 0 Å². The number of rotatable bonds is 7. The van der Waals surface area contributed by atoms with Crippen LogP contribution >= 0.6 is 23.1 Å². The Morgan fingerprint density at radius 3 is 2.71 bits per heavy atom. The summed E-state index contributed by atoms with van der Waals surface area (Å²) in [7, 11) is 0. The van der Waals surface area contributed by atoms with Crippen LogP contribution in [0.5, 0.6) is 0 Å². The zero-order valence-electron chi connectivity index (χ0n) is 15.4. The lowest BCUT2D eigenvalue weighted by Crippen LogP contribution is -2.06. The summed E-state index contributed by atoms with van der Waals surface area (Å²) in [5.74, 6) is 2.80. The van der Waals surface area contributed by atoms with E-state index in [-0.39, 0.29) is 5.25 Å². The van der Waals surface area contributed by atoms with Crippen molar-refractivity contribution in [2.75, 3.05) is 0 Å². The fraction of sp³-hybridized carbons (Fsp3) is 0.300. The monoisotopic (exact) mass is 409 g/mol. The van der Waals surface area contributed by atoms with E-state index >= 15 is 0 Å². The average Bonchev–Trinajstić information content (AvgIpc) is 3.13. The van der Waals surface area contributed by atoms with Crippen molar-refractivity contribution in [3.63, 3.8) is 0 Å². The smallest absolute Gasteiger partial charge is 0.257 e. The molecule has 3 aromatic heterocycles. The largest absolute Gasteiger partial charge is 0.419 e. The molecule has 1 saturated carbocycles. The SMILES string of the molecule is CC(Sc1nnc(C2CC2)n1Cc1ccccc1)c1nnc(-c2cccs2)o1. The van der Waals surface area contributed by atoms with Crippen LogP contribution in [0.1, 0.15) is 48.2 Å². The number of hydrogen-bond acceptors (Lipinski definition) is 7. The van der Waals surface area contributed by atoms with Crippen molar-refractivity contribution >= 4 is 23.1 Å². The molecule has 1 unspecified atom stereocenters. The van der Waals surface area contributed by atoms with E-state index in [0.29, 0.717) is 17.7 Å². The minimum atomic E-state index is -0.00742. The van der Waals surface area contributed by atoms with Crippen molar-refractivity contribution in [3.8, 4) is 10.8 Å². The Morgan fingerprint density at radius 2 is 1.96 bits per heavy atom. The zero-order chi connectivity index (χ0) is 18.9. The van der Waals surface area contributed by atoms with Gasteiger partial charge in [0, 0.05) is 5.92 Å². The third-order valence-corrected chi connectivity index (χ3v) is 6.60. The van der Waals surface area contributed by atoms with Gasteiger partial charge in [-0.25, -0.2) is 0 Å². The average molecular weight is 410 g/mol. The number of nitrogens with zero attached hydrogens (tertiary/aromatic N) is 5. The van der Waals surface area contributed by atoms with Crippen molar-refractivity contribution in [3.05, 3.63) is 65.1 Å². The molecule has 4 aromatic rings. The molecule has 0 amide bonds. The van der Waals surface area contributed by atoms with Crippen LogP contribution in [0.25, 0.3) is 10.8 Å². The van der Waals surface area contributed by atoms with Gasteiger partial charge in [-0.05, 0) is 36.8 Å². The first-order chi connectivity index (χ1) is 13.8. The number of benzene rings is 1. The molecule has 142 valence electrons.